The average molecular weight is 319 g/mol. The van der Waals surface area contributed by atoms with Gasteiger partial charge in [0.25, 0.3) is 5.91 Å². The maximum absolute atomic E-state index is 12.5. The molecule has 3 nitrogen and oxygen atoms in total. The largest absolute Gasteiger partial charge is 0.480 e. The second-order valence-electron chi connectivity index (χ2n) is 6.04. The minimum atomic E-state index is -0.587. The Hall–Kier alpha value is -2.81. The molecular formula is C21H21NO2. The van der Waals surface area contributed by atoms with E-state index in [4.69, 9.17) is 4.74 Å². The summed E-state index contributed by atoms with van der Waals surface area (Å²) in [6.07, 6.45) is -0.587. The molecule has 0 aliphatic heterocycles. The molecule has 0 heterocycles. The van der Waals surface area contributed by atoms with Crippen molar-refractivity contribution in [2.24, 2.45) is 0 Å². The molecule has 3 heteroatoms. The molecule has 0 fully saturated rings. The molecule has 0 aromatic heterocycles. The predicted octanol–water partition coefficient (Wildman–Crippen LogP) is 4.86. The fraction of sp³-hybridized carbons (Fsp3) is 0.190. The van der Waals surface area contributed by atoms with Crippen LogP contribution in [0, 0.1) is 13.8 Å². The third kappa shape index (κ3) is 3.40. The second-order valence-corrected chi connectivity index (χ2v) is 6.04. The van der Waals surface area contributed by atoms with Crippen LogP contribution in [0.25, 0.3) is 10.8 Å². The van der Waals surface area contributed by atoms with E-state index < -0.39 is 6.10 Å². The van der Waals surface area contributed by atoms with Gasteiger partial charge in [-0.25, -0.2) is 0 Å². The van der Waals surface area contributed by atoms with Crippen LogP contribution in [-0.4, -0.2) is 12.0 Å². The number of hydrogen-bond acceptors (Lipinski definition) is 2. The fourth-order valence-corrected chi connectivity index (χ4v) is 2.65. The number of anilines is 1. The van der Waals surface area contributed by atoms with Gasteiger partial charge in [0.15, 0.2) is 6.10 Å². The number of carbonyl (C=O) groups excluding carboxylic acids is 1. The van der Waals surface area contributed by atoms with Gasteiger partial charge in [0.05, 0.1) is 0 Å². The number of nitrogens with one attached hydrogen (secondary N) is 1. The van der Waals surface area contributed by atoms with Crippen molar-refractivity contribution in [3.63, 3.8) is 0 Å². The minimum absolute atomic E-state index is 0.156. The number of ether oxygens (including phenoxy) is 1. The smallest absolute Gasteiger partial charge is 0.265 e. The van der Waals surface area contributed by atoms with Crippen LogP contribution < -0.4 is 10.1 Å². The summed E-state index contributed by atoms with van der Waals surface area (Å²) in [7, 11) is 0. The normalized spacial score (nSPS) is 12.0. The first-order valence-corrected chi connectivity index (χ1v) is 8.07. The molecule has 0 unspecified atom stereocenters. The highest BCUT2D eigenvalue weighted by Gasteiger charge is 2.16. The summed E-state index contributed by atoms with van der Waals surface area (Å²) in [4.78, 5) is 12.5. The van der Waals surface area contributed by atoms with Gasteiger partial charge in [-0.1, -0.05) is 48.5 Å². The molecule has 1 atom stereocenters. The fourth-order valence-electron chi connectivity index (χ4n) is 2.65. The van der Waals surface area contributed by atoms with Crippen LogP contribution in [0.2, 0.25) is 0 Å². The summed E-state index contributed by atoms with van der Waals surface area (Å²) >= 11 is 0. The third-order valence-electron chi connectivity index (χ3n) is 4.07. The minimum Gasteiger partial charge on any atom is -0.480 e. The highest BCUT2D eigenvalue weighted by molar-refractivity contribution is 5.95. The summed E-state index contributed by atoms with van der Waals surface area (Å²) in [5.74, 6) is 0.563. The zero-order valence-corrected chi connectivity index (χ0v) is 14.2. The Labute approximate surface area is 142 Å². The monoisotopic (exact) mass is 319 g/mol. The number of carbonyl (C=O) groups is 1. The first-order chi connectivity index (χ1) is 11.5. The lowest BCUT2D eigenvalue weighted by molar-refractivity contribution is -0.122. The van der Waals surface area contributed by atoms with Crippen molar-refractivity contribution in [1.29, 1.82) is 0 Å². The van der Waals surface area contributed by atoms with Crippen molar-refractivity contribution < 1.29 is 9.53 Å². The van der Waals surface area contributed by atoms with Crippen LogP contribution in [0.3, 0.4) is 0 Å². The summed E-state index contributed by atoms with van der Waals surface area (Å²) in [5, 5.41) is 5.06. The van der Waals surface area contributed by atoms with Gasteiger partial charge in [-0.3, -0.25) is 4.79 Å². The number of benzene rings is 3. The molecule has 1 amide bonds. The predicted molar refractivity (Wildman–Crippen MR) is 98.6 cm³/mol. The molecule has 3 rings (SSSR count). The van der Waals surface area contributed by atoms with Gasteiger partial charge in [-0.2, -0.15) is 0 Å². The molecule has 0 saturated carbocycles. The SMILES string of the molecule is Cc1ccc(C)c(NC(=O)[C@@H](C)Oc2cccc3ccccc23)c1. The summed E-state index contributed by atoms with van der Waals surface area (Å²) in [5.41, 5.74) is 2.97. The topological polar surface area (TPSA) is 38.3 Å². The van der Waals surface area contributed by atoms with Gasteiger partial charge >= 0.3 is 0 Å². The van der Waals surface area contributed by atoms with E-state index in [1.807, 2.05) is 74.5 Å². The van der Waals surface area contributed by atoms with Gasteiger partial charge < -0.3 is 10.1 Å². The Kier molecular flexibility index (Phi) is 4.52. The molecule has 0 saturated heterocycles. The third-order valence-corrected chi connectivity index (χ3v) is 4.07. The maximum Gasteiger partial charge on any atom is 0.265 e. The van der Waals surface area contributed by atoms with Crippen molar-refractivity contribution in [3.05, 3.63) is 71.8 Å². The molecule has 1 N–H and O–H groups in total. The standard InChI is InChI=1S/C21H21NO2/c1-14-11-12-15(2)19(13-14)22-21(23)16(3)24-20-10-6-8-17-7-4-5-9-18(17)20/h4-13,16H,1-3H3,(H,22,23)/t16-/m1/s1. The number of amides is 1. The maximum atomic E-state index is 12.5. The van der Waals surface area contributed by atoms with Crippen LogP contribution >= 0.6 is 0 Å². The molecule has 122 valence electrons. The number of rotatable bonds is 4. The van der Waals surface area contributed by atoms with Gasteiger partial charge in [0.1, 0.15) is 5.75 Å². The Morgan fingerprint density at radius 1 is 1.00 bits per heavy atom. The van der Waals surface area contributed by atoms with Crippen LogP contribution in [0.15, 0.2) is 60.7 Å². The van der Waals surface area contributed by atoms with Crippen molar-refractivity contribution in [2.45, 2.75) is 26.9 Å². The molecule has 24 heavy (non-hydrogen) atoms. The van der Waals surface area contributed by atoms with Gasteiger partial charge in [0.2, 0.25) is 0 Å². The van der Waals surface area contributed by atoms with E-state index in [0.29, 0.717) is 0 Å². The van der Waals surface area contributed by atoms with E-state index in [2.05, 4.69) is 5.32 Å². The highest BCUT2D eigenvalue weighted by Crippen LogP contribution is 2.26. The lowest BCUT2D eigenvalue weighted by Gasteiger charge is -2.17. The van der Waals surface area contributed by atoms with Crippen LogP contribution in [0.1, 0.15) is 18.1 Å². The van der Waals surface area contributed by atoms with Crippen molar-refractivity contribution in [1.82, 2.24) is 0 Å². The first kappa shape index (κ1) is 16.1. The van der Waals surface area contributed by atoms with E-state index >= 15 is 0 Å². The molecule has 0 aliphatic rings. The highest BCUT2D eigenvalue weighted by atomic mass is 16.5. The zero-order chi connectivity index (χ0) is 17.1. The van der Waals surface area contributed by atoms with E-state index in [-0.39, 0.29) is 5.91 Å². The zero-order valence-electron chi connectivity index (χ0n) is 14.2. The molecule has 3 aromatic carbocycles. The lowest BCUT2D eigenvalue weighted by Crippen LogP contribution is -2.30. The van der Waals surface area contributed by atoms with Crippen LogP contribution in [0.5, 0.6) is 5.75 Å². The molecule has 0 radical (unpaired) electrons. The summed E-state index contributed by atoms with van der Waals surface area (Å²) < 4.78 is 5.92. The van der Waals surface area contributed by atoms with Crippen molar-refractivity contribution >= 4 is 22.4 Å². The first-order valence-electron chi connectivity index (χ1n) is 8.07. The lowest BCUT2D eigenvalue weighted by atomic mass is 10.1. The quantitative estimate of drug-likeness (QED) is 0.745. The van der Waals surface area contributed by atoms with Crippen molar-refractivity contribution in [2.75, 3.05) is 5.32 Å². The Morgan fingerprint density at radius 2 is 1.75 bits per heavy atom. The van der Waals surface area contributed by atoms with E-state index in [0.717, 1.165) is 33.3 Å². The summed E-state index contributed by atoms with van der Waals surface area (Å²) in [6.45, 7) is 5.75. The molecule has 3 aromatic rings. The Balaban J connectivity index is 1.77. The second kappa shape index (κ2) is 6.75. The Morgan fingerprint density at radius 3 is 2.58 bits per heavy atom. The number of hydrogen-bond donors (Lipinski definition) is 1. The van der Waals surface area contributed by atoms with Gasteiger partial charge in [-0.05, 0) is 49.4 Å². The van der Waals surface area contributed by atoms with Gasteiger partial charge in [0, 0.05) is 11.1 Å². The van der Waals surface area contributed by atoms with Crippen LogP contribution in [-0.2, 0) is 4.79 Å². The Bertz CT molecular complexity index is 881. The van der Waals surface area contributed by atoms with E-state index in [1.165, 1.54) is 0 Å². The van der Waals surface area contributed by atoms with Crippen LogP contribution in [0.4, 0.5) is 5.69 Å². The van der Waals surface area contributed by atoms with Gasteiger partial charge in [-0.15, -0.1) is 0 Å². The molecule has 0 spiro atoms. The molecular weight excluding hydrogens is 298 g/mol. The van der Waals surface area contributed by atoms with Crippen molar-refractivity contribution in [3.8, 4) is 5.75 Å². The molecule has 0 aliphatic carbocycles. The molecule has 0 bridgehead atoms. The van der Waals surface area contributed by atoms with E-state index in [9.17, 15) is 4.79 Å². The van der Waals surface area contributed by atoms with E-state index in [1.54, 1.807) is 6.92 Å². The number of fused-ring (bicyclic) bond motifs is 1. The average Bonchev–Trinajstić information content (AvgIpc) is 2.58. The summed E-state index contributed by atoms with van der Waals surface area (Å²) in [6, 6.07) is 19.8. The number of aryl methyl sites for hydroxylation is 2.